The Morgan fingerprint density at radius 3 is 2.40 bits per heavy atom. The molecule has 7 heteroatoms. The second kappa shape index (κ2) is 7.10. The molecule has 0 aliphatic rings. The highest BCUT2D eigenvalue weighted by atomic mass is 19.3. The van der Waals surface area contributed by atoms with E-state index >= 15 is 0 Å². The second-order valence-electron chi connectivity index (χ2n) is 3.03. The molecule has 0 aliphatic heterocycles. The molecule has 0 aliphatic carbocycles. The summed E-state index contributed by atoms with van der Waals surface area (Å²) in [6, 6.07) is -0.934. The normalized spacial score (nSPS) is 12.5. The number of aliphatic carboxylic acids is 1. The van der Waals surface area contributed by atoms with Crippen LogP contribution in [0, 0.1) is 0 Å². The van der Waals surface area contributed by atoms with Gasteiger partial charge in [-0.05, 0) is 19.3 Å². The molecule has 88 valence electrons. The quantitative estimate of drug-likeness (QED) is 0.528. The van der Waals surface area contributed by atoms with E-state index in [1.165, 1.54) is 0 Å². The highest BCUT2D eigenvalue weighted by molar-refractivity contribution is 5.78. The first-order valence-corrected chi connectivity index (χ1v) is 4.49. The Morgan fingerprint density at radius 2 is 1.93 bits per heavy atom. The molecule has 0 heterocycles. The fraction of sp³-hybridized carbons (Fsp3) is 0.750. The molecule has 1 amide bonds. The van der Waals surface area contributed by atoms with Gasteiger partial charge in [0.1, 0.15) is 6.04 Å². The molecule has 0 fully saturated rings. The van der Waals surface area contributed by atoms with Crippen LogP contribution < -0.4 is 11.1 Å². The molecular weight excluding hydrogens is 210 g/mol. The number of nitrogens with two attached hydrogens (primary N) is 1. The van der Waals surface area contributed by atoms with Crippen LogP contribution in [0.15, 0.2) is 0 Å². The van der Waals surface area contributed by atoms with Crippen LogP contribution in [-0.2, 0) is 9.59 Å². The monoisotopic (exact) mass is 224 g/mol. The molecule has 0 aromatic carbocycles. The third-order valence-corrected chi connectivity index (χ3v) is 1.76. The fourth-order valence-corrected chi connectivity index (χ4v) is 0.901. The standard InChI is InChI=1S/C8H14F2N2O3/c9-6(10)7(13)12-4-2-1-3-5(11)8(14)15/h5-6H,1-4,11H2,(H,12,13)(H,14,15)/t5-/m0/s1. The Labute approximate surface area is 85.6 Å². The van der Waals surface area contributed by atoms with Gasteiger partial charge in [0.05, 0.1) is 0 Å². The summed E-state index contributed by atoms with van der Waals surface area (Å²) in [5.41, 5.74) is 5.20. The van der Waals surface area contributed by atoms with E-state index in [0.29, 0.717) is 12.8 Å². The van der Waals surface area contributed by atoms with Gasteiger partial charge in [0.2, 0.25) is 0 Å². The summed E-state index contributed by atoms with van der Waals surface area (Å²) in [5.74, 6) is -2.40. The molecule has 0 radical (unpaired) electrons. The van der Waals surface area contributed by atoms with E-state index in [-0.39, 0.29) is 13.0 Å². The average molecular weight is 224 g/mol. The Bertz CT molecular complexity index is 224. The third kappa shape index (κ3) is 6.78. The van der Waals surface area contributed by atoms with Gasteiger partial charge in [0.15, 0.2) is 0 Å². The predicted octanol–water partition coefficient (Wildman–Crippen LogP) is -0.0501. The van der Waals surface area contributed by atoms with Crippen molar-refractivity contribution in [1.29, 1.82) is 0 Å². The molecule has 0 aromatic rings. The van der Waals surface area contributed by atoms with Crippen molar-refractivity contribution in [2.24, 2.45) is 5.73 Å². The van der Waals surface area contributed by atoms with Crippen molar-refractivity contribution in [3.63, 3.8) is 0 Å². The van der Waals surface area contributed by atoms with E-state index < -0.39 is 24.3 Å². The zero-order chi connectivity index (χ0) is 11.8. The van der Waals surface area contributed by atoms with Crippen molar-refractivity contribution in [3.8, 4) is 0 Å². The van der Waals surface area contributed by atoms with Crippen LogP contribution >= 0.6 is 0 Å². The van der Waals surface area contributed by atoms with Crippen molar-refractivity contribution < 1.29 is 23.5 Å². The summed E-state index contributed by atoms with van der Waals surface area (Å²) < 4.78 is 23.3. The minimum atomic E-state index is -3.01. The van der Waals surface area contributed by atoms with Gasteiger partial charge in [0.25, 0.3) is 5.91 Å². The molecule has 0 rings (SSSR count). The second-order valence-corrected chi connectivity index (χ2v) is 3.03. The maximum Gasteiger partial charge on any atom is 0.320 e. The lowest BCUT2D eigenvalue weighted by Crippen LogP contribution is -2.32. The van der Waals surface area contributed by atoms with E-state index in [4.69, 9.17) is 10.8 Å². The molecule has 0 unspecified atom stereocenters. The van der Waals surface area contributed by atoms with Crippen LogP contribution in [0.2, 0.25) is 0 Å². The van der Waals surface area contributed by atoms with Crippen LogP contribution in [0.1, 0.15) is 19.3 Å². The first-order chi connectivity index (χ1) is 6.95. The van der Waals surface area contributed by atoms with Gasteiger partial charge in [-0.15, -0.1) is 0 Å². The highest BCUT2D eigenvalue weighted by Gasteiger charge is 2.14. The zero-order valence-electron chi connectivity index (χ0n) is 8.08. The van der Waals surface area contributed by atoms with Gasteiger partial charge in [0, 0.05) is 6.54 Å². The van der Waals surface area contributed by atoms with Gasteiger partial charge < -0.3 is 16.2 Å². The number of rotatable bonds is 7. The van der Waals surface area contributed by atoms with Crippen molar-refractivity contribution >= 4 is 11.9 Å². The Kier molecular flexibility index (Phi) is 6.52. The summed E-state index contributed by atoms with van der Waals surface area (Å²) in [5, 5.41) is 10.4. The number of carboxylic acids is 1. The van der Waals surface area contributed by atoms with E-state index in [0.717, 1.165) is 0 Å². The van der Waals surface area contributed by atoms with Crippen LogP contribution in [0.5, 0.6) is 0 Å². The van der Waals surface area contributed by atoms with Crippen molar-refractivity contribution in [1.82, 2.24) is 5.32 Å². The lowest BCUT2D eigenvalue weighted by molar-refractivity contribution is -0.138. The number of hydrogen-bond donors (Lipinski definition) is 3. The average Bonchev–Trinajstić information content (AvgIpc) is 2.16. The zero-order valence-corrected chi connectivity index (χ0v) is 8.08. The minimum absolute atomic E-state index is 0.107. The fourth-order valence-electron chi connectivity index (χ4n) is 0.901. The van der Waals surface area contributed by atoms with Crippen LogP contribution in [0.4, 0.5) is 8.78 Å². The lowest BCUT2D eigenvalue weighted by atomic mass is 10.1. The predicted molar refractivity (Wildman–Crippen MR) is 48.5 cm³/mol. The first-order valence-electron chi connectivity index (χ1n) is 4.49. The molecular formula is C8H14F2N2O3. The topological polar surface area (TPSA) is 92.4 Å². The maximum atomic E-state index is 11.7. The Morgan fingerprint density at radius 1 is 1.33 bits per heavy atom. The number of unbranched alkanes of at least 4 members (excludes halogenated alkanes) is 1. The van der Waals surface area contributed by atoms with E-state index in [1.54, 1.807) is 0 Å². The lowest BCUT2D eigenvalue weighted by Gasteiger charge is -2.06. The highest BCUT2D eigenvalue weighted by Crippen LogP contribution is 1.99. The summed E-state index contributed by atoms with van der Waals surface area (Å²) in [6.45, 7) is 0.107. The van der Waals surface area contributed by atoms with Crippen molar-refractivity contribution in [2.75, 3.05) is 6.54 Å². The SMILES string of the molecule is N[C@@H](CCCCNC(=O)C(F)F)C(=O)O. The largest absolute Gasteiger partial charge is 0.480 e. The number of carboxylic acid groups (broad SMARTS) is 1. The van der Waals surface area contributed by atoms with E-state index in [1.807, 2.05) is 5.32 Å². The molecule has 0 aromatic heterocycles. The van der Waals surface area contributed by atoms with Gasteiger partial charge in [-0.25, -0.2) is 0 Å². The van der Waals surface area contributed by atoms with Crippen LogP contribution in [0.3, 0.4) is 0 Å². The number of amides is 1. The number of hydrogen-bond acceptors (Lipinski definition) is 3. The van der Waals surface area contributed by atoms with Crippen LogP contribution in [-0.4, -0.2) is 36.0 Å². The summed E-state index contributed by atoms with van der Waals surface area (Å²) in [6.07, 6.45) is -1.85. The van der Waals surface area contributed by atoms with Gasteiger partial charge in [-0.3, -0.25) is 9.59 Å². The summed E-state index contributed by atoms with van der Waals surface area (Å²) >= 11 is 0. The maximum absolute atomic E-state index is 11.7. The van der Waals surface area contributed by atoms with Crippen LogP contribution in [0.25, 0.3) is 0 Å². The van der Waals surface area contributed by atoms with E-state index in [2.05, 4.69) is 0 Å². The van der Waals surface area contributed by atoms with Gasteiger partial charge in [-0.2, -0.15) is 8.78 Å². The number of carbonyl (C=O) groups is 2. The van der Waals surface area contributed by atoms with E-state index in [9.17, 15) is 18.4 Å². The molecule has 15 heavy (non-hydrogen) atoms. The molecule has 4 N–H and O–H groups in total. The van der Waals surface area contributed by atoms with Crippen molar-refractivity contribution in [3.05, 3.63) is 0 Å². The van der Waals surface area contributed by atoms with Crippen molar-refractivity contribution in [2.45, 2.75) is 31.7 Å². The number of carbonyl (C=O) groups excluding carboxylic acids is 1. The molecule has 0 saturated heterocycles. The molecule has 1 atom stereocenters. The Balaban J connectivity index is 3.40. The smallest absolute Gasteiger partial charge is 0.320 e. The number of halogens is 2. The summed E-state index contributed by atoms with van der Waals surface area (Å²) in [7, 11) is 0. The molecule has 5 nitrogen and oxygen atoms in total. The molecule has 0 spiro atoms. The number of nitrogens with one attached hydrogen (secondary N) is 1. The molecule has 0 saturated carbocycles. The molecule has 0 bridgehead atoms. The van der Waals surface area contributed by atoms with Gasteiger partial charge in [-0.1, -0.05) is 0 Å². The minimum Gasteiger partial charge on any atom is -0.480 e. The van der Waals surface area contributed by atoms with Gasteiger partial charge >= 0.3 is 12.4 Å². The summed E-state index contributed by atoms with van der Waals surface area (Å²) in [4.78, 5) is 20.6. The first kappa shape index (κ1) is 13.8. The third-order valence-electron chi connectivity index (χ3n) is 1.76. The Hall–Kier alpha value is -1.24. The number of alkyl halides is 2.